The van der Waals surface area contributed by atoms with Crippen molar-refractivity contribution in [2.75, 3.05) is 0 Å². The molecular weight excluding hydrogens is 304 g/mol. The summed E-state index contributed by atoms with van der Waals surface area (Å²) in [5, 5.41) is 5.97. The van der Waals surface area contributed by atoms with Gasteiger partial charge in [0.15, 0.2) is 0 Å². The molecule has 1 aromatic carbocycles. The lowest BCUT2D eigenvalue weighted by Gasteiger charge is -2.21. The van der Waals surface area contributed by atoms with E-state index in [1.54, 1.807) is 0 Å². The van der Waals surface area contributed by atoms with Crippen molar-refractivity contribution in [2.45, 2.75) is 77.4 Å². The molecule has 0 bridgehead atoms. The molecule has 2 aromatic rings. The van der Waals surface area contributed by atoms with Gasteiger partial charge in [0, 0.05) is 35.2 Å². The second-order valence-electron chi connectivity index (χ2n) is 7.24. The molecule has 1 aliphatic rings. The van der Waals surface area contributed by atoms with Crippen molar-refractivity contribution < 1.29 is 0 Å². The summed E-state index contributed by atoms with van der Waals surface area (Å²) in [6, 6.07) is 7.40. The van der Waals surface area contributed by atoms with Crippen molar-refractivity contribution in [1.29, 1.82) is 0 Å². The summed E-state index contributed by atoms with van der Waals surface area (Å²) in [5.41, 5.74) is 2.65. The number of nitrogens with zero attached hydrogens (tertiary/aromatic N) is 1. The van der Waals surface area contributed by atoms with Gasteiger partial charge in [-0.1, -0.05) is 49.8 Å². The second-order valence-corrected chi connectivity index (χ2v) is 7.68. The third kappa shape index (κ3) is 4.10. The molecule has 0 unspecified atom stereocenters. The van der Waals surface area contributed by atoms with Gasteiger partial charge in [0.05, 0.1) is 5.52 Å². The van der Waals surface area contributed by atoms with Gasteiger partial charge in [0.25, 0.3) is 0 Å². The van der Waals surface area contributed by atoms with Gasteiger partial charge in [-0.2, -0.15) is 0 Å². The molecule has 1 heterocycles. The molecule has 1 saturated carbocycles. The lowest BCUT2D eigenvalue weighted by molar-refractivity contribution is 0.389. The zero-order valence-electron chi connectivity index (χ0n) is 14.4. The lowest BCUT2D eigenvalue weighted by atomic mass is 9.96. The second kappa shape index (κ2) is 7.72. The highest BCUT2D eigenvalue weighted by molar-refractivity contribution is 6.31. The average Bonchev–Trinajstić information content (AvgIpc) is 2.84. The van der Waals surface area contributed by atoms with Gasteiger partial charge in [0.2, 0.25) is 0 Å². The first kappa shape index (κ1) is 16.9. The van der Waals surface area contributed by atoms with E-state index in [1.165, 1.54) is 61.4 Å². The Labute approximate surface area is 145 Å². The van der Waals surface area contributed by atoms with Crippen LogP contribution >= 0.6 is 11.6 Å². The fourth-order valence-electron chi connectivity index (χ4n) is 3.78. The molecule has 3 rings (SSSR count). The number of halogens is 1. The molecule has 2 nitrogen and oxygen atoms in total. The van der Waals surface area contributed by atoms with Gasteiger partial charge < -0.3 is 9.88 Å². The minimum absolute atomic E-state index is 0.450. The Morgan fingerprint density at radius 1 is 1.13 bits per heavy atom. The van der Waals surface area contributed by atoms with Gasteiger partial charge in [-0.25, -0.2) is 0 Å². The fraction of sp³-hybridized carbons (Fsp3) is 0.600. The van der Waals surface area contributed by atoms with Crippen molar-refractivity contribution in [1.82, 2.24) is 9.88 Å². The highest BCUT2D eigenvalue weighted by atomic mass is 35.5. The fourth-order valence-corrected chi connectivity index (χ4v) is 3.95. The third-order valence-electron chi connectivity index (χ3n) is 5.12. The summed E-state index contributed by atoms with van der Waals surface area (Å²) in [7, 11) is 0. The van der Waals surface area contributed by atoms with Gasteiger partial charge in [-0.3, -0.25) is 0 Å². The Morgan fingerprint density at radius 2 is 1.83 bits per heavy atom. The van der Waals surface area contributed by atoms with E-state index in [0.29, 0.717) is 12.1 Å². The Hall–Kier alpha value is -0.990. The van der Waals surface area contributed by atoms with E-state index in [0.717, 1.165) is 11.6 Å². The Morgan fingerprint density at radius 3 is 2.52 bits per heavy atom. The molecule has 0 amide bonds. The molecule has 1 aliphatic carbocycles. The zero-order chi connectivity index (χ0) is 16.2. The standard InChI is InChI=1S/C20H29ClN2/c1-15(2)23-14-16(19-11-10-17(21)12-20(19)23)13-22-18-8-6-4-3-5-7-9-18/h10-12,14-15,18,22H,3-9,13H2,1-2H3. The molecule has 0 saturated heterocycles. The molecule has 0 aliphatic heterocycles. The summed E-state index contributed by atoms with van der Waals surface area (Å²) in [4.78, 5) is 0. The monoisotopic (exact) mass is 332 g/mol. The molecule has 0 spiro atoms. The Bertz CT molecular complexity index is 636. The average molecular weight is 333 g/mol. The van der Waals surface area contributed by atoms with Gasteiger partial charge in [0.1, 0.15) is 0 Å². The van der Waals surface area contributed by atoms with E-state index in [2.05, 4.69) is 42.1 Å². The van der Waals surface area contributed by atoms with Crippen LogP contribution < -0.4 is 5.32 Å². The number of nitrogens with one attached hydrogen (secondary N) is 1. The van der Waals surface area contributed by atoms with Crippen LogP contribution in [0.5, 0.6) is 0 Å². The van der Waals surface area contributed by atoms with Gasteiger partial charge >= 0.3 is 0 Å². The summed E-state index contributed by atoms with van der Waals surface area (Å²) in [5.74, 6) is 0. The van der Waals surface area contributed by atoms with E-state index >= 15 is 0 Å². The summed E-state index contributed by atoms with van der Waals surface area (Å²) in [6.45, 7) is 5.42. The first-order valence-electron chi connectivity index (χ1n) is 9.17. The smallest absolute Gasteiger partial charge is 0.0501 e. The molecule has 1 N–H and O–H groups in total. The van der Waals surface area contributed by atoms with Gasteiger partial charge in [-0.15, -0.1) is 0 Å². The maximum atomic E-state index is 6.21. The number of hydrogen-bond donors (Lipinski definition) is 1. The topological polar surface area (TPSA) is 17.0 Å². The number of benzene rings is 1. The molecule has 0 atom stereocenters. The first-order chi connectivity index (χ1) is 11.1. The molecule has 23 heavy (non-hydrogen) atoms. The summed E-state index contributed by atoms with van der Waals surface area (Å²) >= 11 is 6.21. The van der Waals surface area contributed by atoms with Gasteiger partial charge in [-0.05, 0) is 44.4 Å². The quantitative estimate of drug-likeness (QED) is 0.718. The highest BCUT2D eigenvalue weighted by Crippen LogP contribution is 2.28. The minimum atomic E-state index is 0.450. The Balaban J connectivity index is 1.77. The van der Waals surface area contributed by atoms with E-state index in [9.17, 15) is 0 Å². The zero-order valence-corrected chi connectivity index (χ0v) is 15.2. The van der Waals surface area contributed by atoms with E-state index in [-0.39, 0.29) is 0 Å². The number of aromatic nitrogens is 1. The first-order valence-corrected chi connectivity index (χ1v) is 9.55. The maximum Gasteiger partial charge on any atom is 0.0501 e. The van der Waals surface area contributed by atoms with Crippen LogP contribution in [0.15, 0.2) is 24.4 Å². The van der Waals surface area contributed by atoms with Crippen LogP contribution in [0.2, 0.25) is 5.02 Å². The molecule has 3 heteroatoms. The lowest BCUT2D eigenvalue weighted by Crippen LogP contribution is -2.29. The third-order valence-corrected chi connectivity index (χ3v) is 5.36. The van der Waals surface area contributed by atoms with Crippen molar-refractivity contribution in [2.24, 2.45) is 0 Å². The van der Waals surface area contributed by atoms with Crippen LogP contribution in [-0.4, -0.2) is 10.6 Å². The largest absolute Gasteiger partial charge is 0.345 e. The molecule has 126 valence electrons. The molecular formula is C20H29ClN2. The minimum Gasteiger partial charge on any atom is -0.345 e. The van der Waals surface area contributed by atoms with Crippen LogP contribution in [0.3, 0.4) is 0 Å². The SMILES string of the molecule is CC(C)n1cc(CNC2CCCCCCC2)c2ccc(Cl)cc21. The van der Waals surface area contributed by atoms with Crippen molar-refractivity contribution >= 4 is 22.5 Å². The van der Waals surface area contributed by atoms with Crippen molar-refractivity contribution in [3.63, 3.8) is 0 Å². The van der Waals surface area contributed by atoms with Crippen LogP contribution in [-0.2, 0) is 6.54 Å². The number of fused-ring (bicyclic) bond motifs is 1. The van der Waals surface area contributed by atoms with Crippen LogP contribution in [0.25, 0.3) is 10.9 Å². The van der Waals surface area contributed by atoms with Crippen LogP contribution in [0.4, 0.5) is 0 Å². The highest BCUT2D eigenvalue weighted by Gasteiger charge is 2.14. The molecule has 1 aromatic heterocycles. The van der Waals surface area contributed by atoms with Crippen LogP contribution in [0, 0.1) is 0 Å². The summed E-state index contributed by atoms with van der Waals surface area (Å²) in [6.07, 6.45) is 12.0. The van der Waals surface area contributed by atoms with E-state index in [4.69, 9.17) is 11.6 Å². The van der Waals surface area contributed by atoms with Crippen LogP contribution in [0.1, 0.15) is 70.4 Å². The molecule has 0 radical (unpaired) electrons. The van der Waals surface area contributed by atoms with E-state index in [1.807, 2.05) is 6.07 Å². The normalized spacial score (nSPS) is 17.6. The number of rotatable bonds is 4. The van der Waals surface area contributed by atoms with Crippen molar-refractivity contribution in [3.8, 4) is 0 Å². The molecule has 1 fully saturated rings. The van der Waals surface area contributed by atoms with E-state index < -0.39 is 0 Å². The Kier molecular flexibility index (Phi) is 5.66. The van der Waals surface area contributed by atoms with Crippen molar-refractivity contribution in [3.05, 3.63) is 35.0 Å². The maximum absolute atomic E-state index is 6.21. The number of hydrogen-bond acceptors (Lipinski definition) is 1. The predicted molar refractivity (Wildman–Crippen MR) is 100 cm³/mol. The predicted octanol–water partition coefficient (Wildman–Crippen LogP) is 6.08. The summed E-state index contributed by atoms with van der Waals surface area (Å²) < 4.78 is 2.34.